The van der Waals surface area contributed by atoms with Gasteiger partial charge in [0, 0.05) is 0 Å². The topological polar surface area (TPSA) is 66.8 Å². The Morgan fingerprint density at radius 1 is 1.33 bits per heavy atom. The summed E-state index contributed by atoms with van der Waals surface area (Å²) in [4.78, 5) is 9.35. The maximum Gasteiger partial charge on any atom is 0.330 e. The van der Waals surface area contributed by atoms with Crippen LogP contribution in [0.5, 0.6) is 0 Å². The van der Waals surface area contributed by atoms with Crippen molar-refractivity contribution in [1.29, 1.82) is 0 Å². The Morgan fingerprint density at radius 2 is 1.87 bits per heavy atom. The van der Waals surface area contributed by atoms with Crippen molar-refractivity contribution in [3.63, 3.8) is 0 Å². The predicted molar refractivity (Wildman–Crippen MR) is 61.0 cm³/mol. The van der Waals surface area contributed by atoms with Crippen LogP contribution in [0.15, 0.2) is 0 Å². The molecular weight excluding hydrogens is 215 g/mol. The van der Waals surface area contributed by atoms with Gasteiger partial charge in [-0.3, -0.25) is 4.57 Å². The number of rotatable bonds is 7. The molecule has 0 aliphatic carbocycles. The average Bonchev–Trinajstić information content (AvgIpc) is 2.14. The van der Waals surface area contributed by atoms with E-state index in [0.29, 0.717) is 12.3 Å². The maximum atomic E-state index is 11.4. The zero-order valence-electron chi connectivity index (χ0n) is 10.0. The number of aliphatic hydroxyl groups excluding tert-OH is 1. The molecule has 0 amide bonds. The van der Waals surface area contributed by atoms with Crippen molar-refractivity contribution < 1.29 is 19.1 Å². The van der Waals surface area contributed by atoms with E-state index >= 15 is 0 Å². The third-order valence-corrected chi connectivity index (χ3v) is 4.30. The van der Waals surface area contributed by atoms with E-state index in [1.165, 1.54) is 0 Å². The van der Waals surface area contributed by atoms with Crippen molar-refractivity contribution in [2.75, 3.05) is 6.61 Å². The fourth-order valence-electron chi connectivity index (χ4n) is 1.04. The zero-order valence-corrected chi connectivity index (χ0v) is 10.9. The van der Waals surface area contributed by atoms with E-state index in [1.807, 2.05) is 13.8 Å². The molecule has 15 heavy (non-hydrogen) atoms. The van der Waals surface area contributed by atoms with Crippen LogP contribution in [0.1, 0.15) is 40.5 Å². The highest BCUT2D eigenvalue weighted by atomic mass is 31.2. The van der Waals surface area contributed by atoms with Crippen LogP contribution < -0.4 is 0 Å². The summed E-state index contributed by atoms with van der Waals surface area (Å²) in [5.74, 6) is 0.403. The molecule has 3 unspecified atom stereocenters. The SMILES string of the molecule is CCC(C)CC(O)COP(=O)(O)C(C)C. The highest BCUT2D eigenvalue weighted by Gasteiger charge is 2.25. The lowest BCUT2D eigenvalue weighted by Crippen LogP contribution is -2.18. The van der Waals surface area contributed by atoms with Gasteiger partial charge in [0.2, 0.25) is 0 Å². The first-order valence-corrected chi connectivity index (χ1v) is 7.09. The van der Waals surface area contributed by atoms with Gasteiger partial charge in [-0.05, 0) is 12.3 Å². The van der Waals surface area contributed by atoms with Crippen molar-refractivity contribution in [1.82, 2.24) is 0 Å². The second kappa shape index (κ2) is 6.64. The molecule has 0 aliphatic heterocycles. The van der Waals surface area contributed by atoms with Crippen LogP contribution in [0.4, 0.5) is 0 Å². The van der Waals surface area contributed by atoms with Crippen molar-refractivity contribution in [3.05, 3.63) is 0 Å². The first kappa shape index (κ1) is 15.1. The molecule has 0 fully saturated rings. The Kier molecular flexibility index (Phi) is 6.69. The van der Waals surface area contributed by atoms with Crippen LogP contribution in [-0.4, -0.2) is 28.4 Å². The lowest BCUT2D eigenvalue weighted by Gasteiger charge is -2.19. The minimum absolute atomic E-state index is 0.0592. The average molecular weight is 238 g/mol. The molecule has 92 valence electrons. The third-order valence-electron chi connectivity index (χ3n) is 2.48. The maximum absolute atomic E-state index is 11.4. The molecule has 5 heteroatoms. The summed E-state index contributed by atoms with van der Waals surface area (Å²) >= 11 is 0. The van der Waals surface area contributed by atoms with Crippen molar-refractivity contribution in [2.24, 2.45) is 5.92 Å². The first-order valence-electron chi connectivity index (χ1n) is 5.44. The van der Waals surface area contributed by atoms with Gasteiger partial charge in [-0.25, -0.2) is 0 Å². The molecule has 0 aromatic carbocycles. The largest absolute Gasteiger partial charge is 0.391 e. The Hall–Kier alpha value is 0.110. The van der Waals surface area contributed by atoms with Crippen molar-refractivity contribution in [2.45, 2.75) is 52.3 Å². The van der Waals surface area contributed by atoms with E-state index in [-0.39, 0.29) is 6.61 Å². The molecule has 4 nitrogen and oxygen atoms in total. The normalized spacial score (nSPS) is 19.9. The molecule has 0 rings (SSSR count). The Labute approximate surface area is 92.2 Å². The Bertz CT molecular complexity index is 217. The number of aliphatic hydroxyl groups is 1. The summed E-state index contributed by atoms with van der Waals surface area (Å²) < 4.78 is 16.3. The van der Waals surface area contributed by atoms with Crippen LogP contribution >= 0.6 is 7.60 Å². The summed E-state index contributed by atoms with van der Waals surface area (Å²) in [7, 11) is -3.53. The molecule has 3 atom stereocenters. The molecule has 2 N–H and O–H groups in total. The minimum atomic E-state index is -3.53. The standard InChI is InChI=1S/C10H23O4P/c1-5-9(4)6-10(11)7-14-15(12,13)8(2)3/h8-11H,5-7H2,1-4H3,(H,12,13). The van der Waals surface area contributed by atoms with Gasteiger partial charge in [0.05, 0.1) is 18.4 Å². The highest BCUT2D eigenvalue weighted by Crippen LogP contribution is 2.47. The lowest BCUT2D eigenvalue weighted by atomic mass is 10.0. The molecule has 0 radical (unpaired) electrons. The number of hydrogen-bond donors (Lipinski definition) is 2. The molecule has 0 aromatic rings. The second-order valence-corrected chi connectivity index (χ2v) is 6.78. The van der Waals surface area contributed by atoms with Gasteiger partial charge in [0.25, 0.3) is 0 Å². The number of hydrogen-bond acceptors (Lipinski definition) is 3. The fraction of sp³-hybridized carbons (Fsp3) is 1.00. The van der Waals surface area contributed by atoms with E-state index in [1.54, 1.807) is 13.8 Å². The molecule has 0 heterocycles. The van der Waals surface area contributed by atoms with Gasteiger partial charge in [0.1, 0.15) is 0 Å². The van der Waals surface area contributed by atoms with Crippen molar-refractivity contribution >= 4 is 7.60 Å². The van der Waals surface area contributed by atoms with E-state index in [4.69, 9.17) is 4.52 Å². The van der Waals surface area contributed by atoms with Gasteiger partial charge in [-0.15, -0.1) is 0 Å². The lowest BCUT2D eigenvalue weighted by molar-refractivity contribution is 0.0795. The van der Waals surface area contributed by atoms with E-state index in [0.717, 1.165) is 6.42 Å². The third kappa shape index (κ3) is 6.31. The molecular formula is C10H23O4P. The van der Waals surface area contributed by atoms with E-state index in [9.17, 15) is 14.6 Å². The molecule has 0 saturated carbocycles. The van der Waals surface area contributed by atoms with E-state index in [2.05, 4.69) is 0 Å². The first-order chi connectivity index (χ1) is 6.79. The van der Waals surface area contributed by atoms with Crippen LogP contribution in [0.3, 0.4) is 0 Å². The predicted octanol–water partition coefficient (Wildman–Crippen LogP) is 2.39. The van der Waals surface area contributed by atoms with Gasteiger partial charge >= 0.3 is 7.60 Å². The monoisotopic (exact) mass is 238 g/mol. The highest BCUT2D eigenvalue weighted by molar-refractivity contribution is 7.53. The summed E-state index contributed by atoms with van der Waals surface area (Å²) in [5.41, 5.74) is -0.423. The van der Waals surface area contributed by atoms with Crippen LogP contribution in [0.25, 0.3) is 0 Å². The van der Waals surface area contributed by atoms with Crippen LogP contribution in [0, 0.1) is 5.92 Å². The molecule has 0 spiro atoms. The summed E-state index contributed by atoms with van der Waals surface area (Å²) in [6.45, 7) is 7.27. The Morgan fingerprint density at radius 3 is 2.27 bits per heavy atom. The smallest absolute Gasteiger partial charge is 0.330 e. The van der Waals surface area contributed by atoms with Crippen LogP contribution in [0.2, 0.25) is 0 Å². The molecule has 0 bridgehead atoms. The van der Waals surface area contributed by atoms with Crippen LogP contribution in [-0.2, 0) is 9.09 Å². The van der Waals surface area contributed by atoms with Gasteiger partial charge in [-0.2, -0.15) is 0 Å². The summed E-state index contributed by atoms with van der Waals surface area (Å²) in [6.07, 6.45) is 0.936. The van der Waals surface area contributed by atoms with Gasteiger partial charge < -0.3 is 14.5 Å². The van der Waals surface area contributed by atoms with Crippen molar-refractivity contribution in [3.8, 4) is 0 Å². The fourth-order valence-corrected chi connectivity index (χ4v) is 1.72. The quantitative estimate of drug-likeness (QED) is 0.668. The Balaban J connectivity index is 3.90. The minimum Gasteiger partial charge on any atom is -0.391 e. The molecule has 0 aromatic heterocycles. The molecule has 0 aliphatic rings. The molecule has 0 saturated heterocycles. The van der Waals surface area contributed by atoms with E-state index < -0.39 is 19.4 Å². The second-order valence-electron chi connectivity index (χ2n) is 4.36. The zero-order chi connectivity index (χ0) is 12.1. The van der Waals surface area contributed by atoms with Gasteiger partial charge in [0.15, 0.2) is 0 Å². The summed E-state index contributed by atoms with van der Waals surface area (Å²) in [6, 6.07) is 0. The summed E-state index contributed by atoms with van der Waals surface area (Å²) in [5, 5.41) is 9.54. The van der Waals surface area contributed by atoms with Gasteiger partial charge in [-0.1, -0.05) is 34.1 Å².